The third kappa shape index (κ3) is 14.8. The molecule has 0 unspecified atom stereocenters. The highest BCUT2D eigenvalue weighted by atomic mass is 35.5. The normalized spacial score (nSPS) is 10.5. The van der Waals surface area contributed by atoms with Crippen molar-refractivity contribution in [3.63, 3.8) is 0 Å². The molecule has 0 spiro atoms. The van der Waals surface area contributed by atoms with Crippen molar-refractivity contribution in [1.82, 2.24) is 5.32 Å². The fraction of sp³-hybridized carbons (Fsp3) is 0.700. The van der Waals surface area contributed by atoms with Gasteiger partial charge in [-0.2, -0.15) is 0 Å². The molecule has 0 aliphatic carbocycles. The summed E-state index contributed by atoms with van der Waals surface area (Å²) in [6, 6.07) is 8.36. The number of hydrogen-bond donors (Lipinski definition) is 1. The molecule has 1 aromatic rings. The fourth-order valence-electron chi connectivity index (χ4n) is 2.51. The minimum absolute atomic E-state index is 0. The Balaban J connectivity index is 0.00000576. The van der Waals surface area contributed by atoms with Crippen molar-refractivity contribution >= 4 is 34.0 Å². The van der Waals surface area contributed by atoms with Crippen LogP contribution in [0.15, 0.2) is 24.3 Å². The lowest BCUT2D eigenvalue weighted by Crippen LogP contribution is -2.18. The Morgan fingerprint density at radius 2 is 1.48 bits per heavy atom. The number of rotatable bonds is 16. The van der Waals surface area contributed by atoms with E-state index in [1.54, 1.807) is 7.11 Å². The molecule has 0 aromatic heterocycles. The summed E-state index contributed by atoms with van der Waals surface area (Å²) >= 11 is 0. The number of benzene rings is 1. The number of methoxy groups -OCH3 is 1. The van der Waals surface area contributed by atoms with Crippen LogP contribution < -0.4 is 10.1 Å². The molecule has 0 heterocycles. The molecule has 1 N–H and O–H groups in total. The number of ether oxygens (including phenoxy) is 1. The van der Waals surface area contributed by atoms with E-state index in [-0.39, 0.29) is 12.4 Å². The first-order chi connectivity index (χ1) is 11.9. The second kappa shape index (κ2) is 18.8. The van der Waals surface area contributed by atoms with Crippen LogP contribution >= 0.6 is 34.0 Å². The summed E-state index contributed by atoms with van der Waals surface area (Å²) in [6.07, 6.45) is 11.2. The van der Waals surface area contributed by atoms with E-state index in [1.807, 2.05) is 33.7 Å². The van der Waals surface area contributed by atoms with Crippen LogP contribution in [0.4, 0.5) is 0 Å². The molecule has 1 rings (SSSR count). The Morgan fingerprint density at radius 1 is 0.840 bits per heavy atom. The Labute approximate surface area is 169 Å². The van der Waals surface area contributed by atoms with E-state index in [1.165, 1.54) is 69.2 Å². The van der Waals surface area contributed by atoms with Crippen LogP contribution in [0.5, 0.6) is 5.75 Å². The molecule has 0 fully saturated rings. The average Bonchev–Trinajstić information content (AvgIpc) is 2.62. The third-order valence-corrected chi connectivity index (χ3v) is 6.38. The molecule has 5 heteroatoms. The van der Waals surface area contributed by atoms with Crippen LogP contribution in [0, 0.1) is 0 Å². The largest absolute Gasteiger partial charge is 0.497 e. The maximum atomic E-state index is 5.18. The molecule has 1 aromatic carbocycles. The molecule has 0 saturated carbocycles. The Bertz CT molecular complexity index is 390. The van der Waals surface area contributed by atoms with Crippen LogP contribution in [-0.4, -0.2) is 26.0 Å². The molecule has 0 amide bonds. The lowest BCUT2D eigenvalue weighted by molar-refractivity contribution is 0.414. The summed E-state index contributed by atoms with van der Waals surface area (Å²) < 4.78 is 5.18. The van der Waals surface area contributed by atoms with Gasteiger partial charge < -0.3 is 10.1 Å². The van der Waals surface area contributed by atoms with Crippen molar-refractivity contribution in [2.45, 2.75) is 64.0 Å². The lowest BCUT2D eigenvalue weighted by atomic mass is 10.1. The van der Waals surface area contributed by atoms with Crippen molar-refractivity contribution in [1.29, 1.82) is 0 Å². The van der Waals surface area contributed by atoms with Crippen molar-refractivity contribution in [3.8, 4) is 5.75 Å². The highest BCUT2D eigenvalue weighted by molar-refractivity contribution is 8.76. The SMILES string of the molecule is CCCCCCCCCCNCCSSCc1ccc(OC)cc1.Cl. The van der Waals surface area contributed by atoms with Gasteiger partial charge in [0.15, 0.2) is 0 Å². The Kier molecular flexibility index (Phi) is 18.7. The van der Waals surface area contributed by atoms with Gasteiger partial charge in [0.05, 0.1) is 7.11 Å². The first-order valence-corrected chi connectivity index (χ1v) is 11.9. The highest BCUT2D eigenvalue weighted by Gasteiger charge is 1.96. The molecule has 0 aliphatic rings. The van der Waals surface area contributed by atoms with Crippen molar-refractivity contribution in [2.24, 2.45) is 0 Å². The summed E-state index contributed by atoms with van der Waals surface area (Å²) in [5, 5.41) is 3.56. The van der Waals surface area contributed by atoms with Crippen LogP contribution in [-0.2, 0) is 5.75 Å². The standard InChI is InChI=1S/C20H35NOS2.ClH/c1-3-4-5-6-7-8-9-10-15-21-16-17-23-24-18-19-11-13-20(22-2)14-12-19;/h11-14,21H,3-10,15-18H2,1-2H3;1H. The van der Waals surface area contributed by atoms with E-state index in [2.05, 4.69) is 24.4 Å². The van der Waals surface area contributed by atoms with E-state index in [9.17, 15) is 0 Å². The number of unbranched alkanes of at least 4 members (excludes halogenated alkanes) is 7. The molecule has 0 radical (unpaired) electrons. The molecule has 2 nitrogen and oxygen atoms in total. The lowest BCUT2D eigenvalue weighted by Gasteiger charge is -2.05. The average molecular weight is 406 g/mol. The Hall–Kier alpha value is -0.0300. The summed E-state index contributed by atoms with van der Waals surface area (Å²) in [4.78, 5) is 0. The number of halogens is 1. The summed E-state index contributed by atoms with van der Waals surface area (Å²) in [5.74, 6) is 3.17. The molecule has 25 heavy (non-hydrogen) atoms. The van der Waals surface area contributed by atoms with E-state index in [4.69, 9.17) is 4.74 Å². The zero-order valence-corrected chi connectivity index (χ0v) is 18.4. The fourth-order valence-corrected chi connectivity index (χ4v) is 4.53. The predicted molar refractivity (Wildman–Crippen MR) is 119 cm³/mol. The second-order valence-corrected chi connectivity index (χ2v) is 8.74. The number of hydrogen-bond acceptors (Lipinski definition) is 4. The van der Waals surface area contributed by atoms with Crippen molar-refractivity contribution in [3.05, 3.63) is 29.8 Å². The topological polar surface area (TPSA) is 21.3 Å². The van der Waals surface area contributed by atoms with Crippen LogP contribution in [0.25, 0.3) is 0 Å². The molecular weight excluding hydrogens is 370 g/mol. The van der Waals surface area contributed by atoms with Gasteiger partial charge in [0.1, 0.15) is 5.75 Å². The van der Waals surface area contributed by atoms with Gasteiger partial charge in [-0.3, -0.25) is 0 Å². The van der Waals surface area contributed by atoms with Gasteiger partial charge in [0, 0.05) is 18.1 Å². The molecule has 0 bridgehead atoms. The first kappa shape index (κ1) is 25.0. The second-order valence-electron chi connectivity index (χ2n) is 6.16. The van der Waals surface area contributed by atoms with E-state index in [0.717, 1.165) is 18.0 Å². The molecule has 0 aliphatic heterocycles. The van der Waals surface area contributed by atoms with Crippen molar-refractivity contribution in [2.75, 3.05) is 26.0 Å². The predicted octanol–water partition coefficient (Wildman–Crippen LogP) is 6.73. The molecule has 0 atom stereocenters. The van der Waals surface area contributed by atoms with Crippen LogP contribution in [0.3, 0.4) is 0 Å². The smallest absolute Gasteiger partial charge is 0.118 e. The quantitative estimate of drug-likeness (QED) is 0.243. The number of nitrogens with one attached hydrogen (secondary N) is 1. The van der Waals surface area contributed by atoms with Crippen LogP contribution in [0.2, 0.25) is 0 Å². The van der Waals surface area contributed by atoms with Gasteiger partial charge in [-0.15, -0.1) is 12.4 Å². The minimum atomic E-state index is 0. The van der Waals surface area contributed by atoms with Gasteiger partial charge in [-0.05, 0) is 30.7 Å². The van der Waals surface area contributed by atoms with Gasteiger partial charge in [-0.1, -0.05) is 85.6 Å². The summed E-state index contributed by atoms with van der Waals surface area (Å²) in [7, 11) is 5.61. The highest BCUT2D eigenvalue weighted by Crippen LogP contribution is 2.26. The van der Waals surface area contributed by atoms with E-state index < -0.39 is 0 Å². The van der Waals surface area contributed by atoms with Gasteiger partial charge in [0.2, 0.25) is 0 Å². The van der Waals surface area contributed by atoms with Gasteiger partial charge >= 0.3 is 0 Å². The van der Waals surface area contributed by atoms with E-state index >= 15 is 0 Å². The van der Waals surface area contributed by atoms with E-state index in [0.29, 0.717) is 0 Å². The molecule has 146 valence electrons. The minimum Gasteiger partial charge on any atom is -0.497 e. The third-order valence-electron chi connectivity index (χ3n) is 4.04. The summed E-state index contributed by atoms with van der Waals surface area (Å²) in [5.41, 5.74) is 1.36. The summed E-state index contributed by atoms with van der Waals surface area (Å²) in [6.45, 7) is 4.58. The molecular formula is C20H36ClNOS2. The van der Waals surface area contributed by atoms with Gasteiger partial charge in [0.25, 0.3) is 0 Å². The molecule has 0 saturated heterocycles. The maximum Gasteiger partial charge on any atom is 0.118 e. The monoisotopic (exact) mass is 405 g/mol. The van der Waals surface area contributed by atoms with Crippen molar-refractivity contribution < 1.29 is 4.74 Å². The zero-order chi connectivity index (χ0) is 17.3. The first-order valence-electron chi connectivity index (χ1n) is 9.45. The maximum absolute atomic E-state index is 5.18. The van der Waals surface area contributed by atoms with Crippen LogP contribution in [0.1, 0.15) is 63.9 Å². The zero-order valence-electron chi connectivity index (χ0n) is 15.9. The Morgan fingerprint density at radius 3 is 2.12 bits per heavy atom. The van der Waals surface area contributed by atoms with Gasteiger partial charge in [-0.25, -0.2) is 0 Å².